The Labute approximate surface area is 116 Å². The molecule has 2 nitrogen and oxygen atoms in total. The summed E-state index contributed by atoms with van der Waals surface area (Å²) in [7, 11) is 5.30. The van der Waals surface area contributed by atoms with Gasteiger partial charge in [-0.3, -0.25) is 0 Å². The van der Waals surface area contributed by atoms with Crippen LogP contribution in [0.25, 0.3) is 0 Å². The third kappa shape index (κ3) is 12.6. The minimum atomic E-state index is -1.38. The van der Waals surface area contributed by atoms with E-state index in [2.05, 4.69) is 41.2 Å². The van der Waals surface area contributed by atoms with Gasteiger partial charge in [-0.2, -0.15) is 0 Å². The van der Waals surface area contributed by atoms with Gasteiger partial charge in [-0.15, -0.1) is 0 Å². The molecule has 0 aromatic heterocycles. The van der Waals surface area contributed by atoms with Crippen molar-refractivity contribution in [1.29, 1.82) is 0 Å². The van der Waals surface area contributed by atoms with Crippen molar-refractivity contribution in [2.75, 3.05) is 34.3 Å². The molecule has 0 atom stereocenters. The zero-order valence-electron chi connectivity index (χ0n) is 13.7. The summed E-state index contributed by atoms with van der Waals surface area (Å²) in [5.41, 5.74) is 0. The Balaban J connectivity index is 3.55. The molecule has 0 radical (unpaired) electrons. The van der Waals surface area contributed by atoms with Crippen molar-refractivity contribution in [2.45, 2.75) is 64.6 Å². The molecule has 3 heteroatoms. The number of hydrogen-bond donors (Lipinski definition) is 0. The quantitative estimate of drug-likeness (QED) is 0.310. The minimum absolute atomic E-state index is 0.929. The van der Waals surface area contributed by atoms with Crippen LogP contribution in [0.4, 0.5) is 0 Å². The van der Waals surface area contributed by atoms with Crippen LogP contribution in [-0.2, 0) is 4.43 Å². The molecule has 0 spiro atoms. The molecule has 0 aromatic carbocycles. The van der Waals surface area contributed by atoms with E-state index in [0.29, 0.717) is 0 Å². The van der Waals surface area contributed by atoms with Gasteiger partial charge in [0.15, 0.2) is 8.32 Å². The lowest BCUT2D eigenvalue weighted by Gasteiger charge is -2.28. The average Bonchev–Trinajstić information content (AvgIpc) is 2.21. The molecule has 0 aliphatic rings. The normalized spacial score (nSPS) is 13.0. The standard InChI is InChI=1S/C15H36NOSi/c1-7-8-9-10-11-12-15-18(5,6)17-14-13-16(2,3)4/h7-15H2,1-6H3/q+1. The van der Waals surface area contributed by atoms with Crippen LogP contribution in [0.1, 0.15) is 45.4 Å². The second kappa shape index (κ2) is 9.11. The van der Waals surface area contributed by atoms with E-state index < -0.39 is 8.32 Å². The molecule has 0 aromatic rings. The summed E-state index contributed by atoms with van der Waals surface area (Å²) in [5, 5.41) is 0. The van der Waals surface area contributed by atoms with Crippen molar-refractivity contribution in [2.24, 2.45) is 0 Å². The Morgan fingerprint density at radius 1 is 0.889 bits per heavy atom. The van der Waals surface area contributed by atoms with Gasteiger partial charge in [0.05, 0.1) is 27.7 Å². The van der Waals surface area contributed by atoms with Crippen molar-refractivity contribution in [3.63, 3.8) is 0 Å². The number of likely N-dealkylation sites (N-methyl/N-ethyl adjacent to an activating group) is 1. The Morgan fingerprint density at radius 2 is 1.44 bits per heavy atom. The van der Waals surface area contributed by atoms with Crippen LogP contribution < -0.4 is 0 Å². The highest BCUT2D eigenvalue weighted by Crippen LogP contribution is 2.17. The fraction of sp³-hybridized carbons (Fsp3) is 1.00. The Morgan fingerprint density at radius 3 is 2.00 bits per heavy atom. The van der Waals surface area contributed by atoms with Gasteiger partial charge in [0.2, 0.25) is 0 Å². The van der Waals surface area contributed by atoms with E-state index >= 15 is 0 Å². The van der Waals surface area contributed by atoms with Gasteiger partial charge in [-0.25, -0.2) is 0 Å². The molecule has 0 fully saturated rings. The van der Waals surface area contributed by atoms with Gasteiger partial charge in [0, 0.05) is 0 Å². The van der Waals surface area contributed by atoms with Crippen molar-refractivity contribution in [1.82, 2.24) is 0 Å². The van der Waals surface area contributed by atoms with Gasteiger partial charge >= 0.3 is 0 Å². The third-order valence-corrected chi connectivity index (χ3v) is 5.93. The van der Waals surface area contributed by atoms with Crippen molar-refractivity contribution in [3.8, 4) is 0 Å². The predicted octanol–water partition coefficient (Wildman–Crippen LogP) is 4.27. The van der Waals surface area contributed by atoms with E-state index in [9.17, 15) is 0 Å². The second-order valence-electron chi connectivity index (χ2n) is 7.14. The molecule has 0 aliphatic carbocycles. The highest BCUT2D eigenvalue weighted by molar-refractivity contribution is 6.71. The first kappa shape index (κ1) is 18.1. The number of hydrogen-bond acceptors (Lipinski definition) is 1. The molecule has 0 amide bonds. The minimum Gasteiger partial charge on any atom is -0.412 e. The van der Waals surface area contributed by atoms with E-state index in [-0.39, 0.29) is 0 Å². The number of rotatable bonds is 11. The Bertz CT molecular complexity index is 199. The molecular weight excluding hydrogens is 238 g/mol. The maximum atomic E-state index is 6.16. The summed E-state index contributed by atoms with van der Waals surface area (Å²) in [4.78, 5) is 0. The van der Waals surface area contributed by atoms with Gasteiger partial charge in [-0.1, -0.05) is 45.4 Å². The van der Waals surface area contributed by atoms with Crippen molar-refractivity contribution >= 4 is 8.32 Å². The van der Waals surface area contributed by atoms with E-state index in [1.165, 1.54) is 44.6 Å². The van der Waals surface area contributed by atoms with Crippen molar-refractivity contribution < 1.29 is 8.91 Å². The smallest absolute Gasteiger partial charge is 0.187 e. The summed E-state index contributed by atoms with van der Waals surface area (Å²) in [5.74, 6) is 0. The first-order valence-corrected chi connectivity index (χ1v) is 10.8. The number of quaternary nitrogens is 1. The molecule has 0 bridgehead atoms. The largest absolute Gasteiger partial charge is 0.412 e. The fourth-order valence-electron chi connectivity index (χ4n) is 2.00. The first-order chi connectivity index (χ1) is 8.27. The van der Waals surface area contributed by atoms with Crippen LogP contribution >= 0.6 is 0 Å². The van der Waals surface area contributed by atoms with E-state index in [1.54, 1.807) is 0 Å². The van der Waals surface area contributed by atoms with Crippen LogP contribution in [0, 0.1) is 0 Å². The first-order valence-electron chi connectivity index (χ1n) is 7.71. The maximum Gasteiger partial charge on any atom is 0.187 e. The van der Waals surface area contributed by atoms with Crippen LogP contribution in [0.15, 0.2) is 0 Å². The van der Waals surface area contributed by atoms with Crippen molar-refractivity contribution in [3.05, 3.63) is 0 Å². The molecule has 0 rings (SSSR count). The lowest BCUT2D eigenvalue weighted by molar-refractivity contribution is -0.870. The van der Waals surface area contributed by atoms with E-state index in [1.807, 2.05) is 0 Å². The summed E-state index contributed by atoms with van der Waals surface area (Å²) < 4.78 is 7.16. The summed E-state index contributed by atoms with van der Waals surface area (Å²) >= 11 is 0. The lowest BCUT2D eigenvalue weighted by Crippen LogP contribution is -2.40. The van der Waals surface area contributed by atoms with Gasteiger partial charge in [0.1, 0.15) is 6.54 Å². The van der Waals surface area contributed by atoms with Crippen LogP contribution in [0.3, 0.4) is 0 Å². The summed E-state index contributed by atoms with van der Waals surface area (Å²) in [6, 6.07) is 1.33. The molecule has 18 heavy (non-hydrogen) atoms. The molecule has 0 saturated heterocycles. The average molecular weight is 275 g/mol. The summed E-state index contributed by atoms with van der Waals surface area (Å²) in [6.07, 6.45) is 8.34. The molecule has 0 saturated carbocycles. The Hall–Kier alpha value is 0.137. The van der Waals surface area contributed by atoms with Gasteiger partial charge in [-0.05, 0) is 19.1 Å². The zero-order chi connectivity index (χ0) is 14.1. The topological polar surface area (TPSA) is 9.23 Å². The molecule has 0 aliphatic heterocycles. The Kier molecular flexibility index (Phi) is 9.18. The molecule has 0 unspecified atom stereocenters. The van der Waals surface area contributed by atoms with Crippen LogP contribution in [0.2, 0.25) is 19.1 Å². The highest BCUT2D eigenvalue weighted by Gasteiger charge is 2.22. The van der Waals surface area contributed by atoms with Gasteiger partial charge in [0.25, 0.3) is 0 Å². The number of unbranched alkanes of at least 4 members (excludes halogenated alkanes) is 5. The summed E-state index contributed by atoms with van der Waals surface area (Å²) in [6.45, 7) is 9.06. The molecular formula is C15H36NOSi+. The molecule has 110 valence electrons. The monoisotopic (exact) mass is 274 g/mol. The fourth-order valence-corrected chi connectivity index (χ4v) is 3.89. The third-order valence-electron chi connectivity index (χ3n) is 3.39. The lowest BCUT2D eigenvalue weighted by atomic mass is 10.1. The molecule has 0 heterocycles. The zero-order valence-corrected chi connectivity index (χ0v) is 14.7. The molecule has 0 N–H and O–H groups in total. The number of nitrogens with zero attached hydrogens (tertiary/aromatic N) is 1. The van der Waals surface area contributed by atoms with Gasteiger partial charge < -0.3 is 8.91 Å². The maximum absolute atomic E-state index is 6.16. The highest BCUT2D eigenvalue weighted by atomic mass is 28.4. The van der Waals surface area contributed by atoms with Crippen LogP contribution in [0.5, 0.6) is 0 Å². The van der Waals surface area contributed by atoms with E-state index in [0.717, 1.165) is 17.6 Å². The second-order valence-corrected chi connectivity index (χ2v) is 11.4. The SMILES string of the molecule is CCCCCCCC[Si](C)(C)OCC[N+](C)(C)C. The predicted molar refractivity (Wildman–Crippen MR) is 84.5 cm³/mol. The van der Waals surface area contributed by atoms with Crippen LogP contribution in [-0.4, -0.2) is 47.1 Å². The van der Waals surface area contributed by atoms with E-state index in [4.69, 9.17) is 4.43 Å².